The summed E-state index contributed by atoms with van der Waals surface area (Å²) in [6, 6.07) is 4.33. The number of hydrogen-bond donors (Lipinski definition) is 0. The van der Waals surface area contributed by atoms with Gasteiger partial charge >= 0.3 is 0 Å². The van der Waals surface area contributed by atoms with Crippen molar-refractivity contribution in [2.45, 2.75) is 27.2 Å². The molecule has 1 aromatic carbocycles. The van der Waals surface area contributed by atoms with Gasteiger partial charge in [-0.05, 0) is 48.9 Å². The lowest BCUT2D eigenvalue weighted by atomic mass is 9.95. The zero-order valence-corrected chi connectivity index (χ0v) is 10.1. The number of rotatable bonds is 4. The number of ether oxygens (including phenoxy) is 1. The van der Waals surface area contributed by atoms with Crippen LogP contribution >= 0.6 is 0 Å². The quantitative estimate of drug-likeness (QED) is 0.680. The van der Waals surface area contributed by atoms with Gasteiger partial charge in [0.05, 0.1) is 7.11 Å². The Labute approximate surface area is 92.8 Å². The van der Waals surface area contributed by atoms with E-state index >= 15 is 0 Å². The molecule has 1 nitrogen and oxygen atoms in total. The maximum absolute atomic E-state index is 5.29. The molecule has 0 aliphatic heterocycles. The van der Waals surface area contributed by atoms with Gasteiger partial charge in [-0.1, -0.05) is 19.1 Å². The van der Waals surface area contributed by atoms with Crippen molar-refractivity contribution in [3.63, 3.8) is 0 Å². The SMILES string of the molecule is C=CC(C)Cc1cc(C)c(OC)cc1C. The first kappa shape index (κ1) is 11.8. The molecule has 0 heterocycles. The van der Waals surface area contributed by atoms with Crippen LogP contribution in [-0.4, -0.2) is 7.11 Å². The molecule has 1 heteroatoms. The molecule has 0 bridgehead atoms. The lowest BCUT2D eigenvalue weighted by molar-refractivity contribution is 0.411. The van der Waals surface area contributed by atoms with Crippen LogP contribution in [0.25, 0.3) is 0 Å². The topological polar surface area (TPSA) is 9.23 Å². The molecule has 1 atom stereocenters. The van der Waals surface area contributed by atoms with Gasteiger partial charge in [0, 0.05) is 0 Å². The van der Waals surface area contributed by atoms with E-state index in [0.717, 1.165) is 12.2 Å². The van der Waals surface area contributed by atoms with Gasteiger partial charge in [0.2, 0.25) is 0 Å². The molecule has 0 aromatic heterocycles. The fourth-order valence-corrected chi connectivity index (χ4v) is 1.72. The molecule has 0 saturated heterocycles. The molecule has 15 heavy (non-hydrogen) atoms. The van der Waals surface area contributed by atoms with Crippen molar-refractivity contribution in [2.75, 3.05) is 7.11 Å². The predicted octanol–water partition coefficient (Wildman–Crippen LogP) is 3.68. The molecule has 0 fully saturated rings. The van der Waals surface area contributed by atoms with Crippen LogP contribution in [0.4, 0.5) is 0 Å². The molecule has 0 spiro atoms. The molecule has 1 unspecified atom stereocenters. The number of benzene rings is 1. The van der Waals surface area contributed by atoms with E-state index in [4.69, 9.17) is 4.74 Å². The summed E-state index contributed by atoms with van der Waals surface area (Å²) in [6.07, 6.45) is 3.05. The Kier molecular flexibility index (Phi) is 3.96. The summed E-state index contributed by atoms with van der Waals surface area (Å²) in [5.74, 6) is 1.50. The van der Waals surface area contributed by atoms with E-state index in [1.165, 1.54) is 16.7 Å². The molecule has 1 rings (SSSR count). The zero-order chi connectivity index (χ0) is 11.4. The lowest BCUT2D eigenvalue weighted by Crippen LogP contribution is -2.00. The minimum Gasteiger partial charge on any atom is -0.496 e. The number of allylic oxidation sites excluding steroid dienone is 1. The van der Waals surface area contributed by atoms with Crippen LogP contribution in [0.1, 0.15) is 23.6 Å². The van der Waals surface area contributed by atoms with Gasteiger partial charge in [0.15, 0.2) is 0 Å². The van der Waals surface area contributed by atoms with Crippen molar-refractivity contribution < 1.29 is 4.74 Å². The molecule has 0 amide bonds. The summed E-state index contributed by atoms with van der Waals surface area (Å²) in [5, 5.41) is 0. The molecule has 0 radical (unpaired) electrons. The van der Waals surface area contributed by atoms with E-state index < -0.39 is 0 Å². The second-order valence-corrected chi connectivity index (χ2v) is 4.17. The number of methoxy groups -OCH3 is 1. The van der Waals surface area contributed by atoms with E-state index in [2.05, 4.69) is 39.5 Å². The summed E-state index contributed by atoms with van der Waals surface area (Å²) in [7, 11) is 1.72. The van der Waals surface area contributed by atoms with Gasteiger partial charge in [-0.2, -0.15) is 0 Å². The fraction of sp³-hybridized carbons (Fsp3) is 0.429. The third-order valence-electron chi connectivity index (χ3n) is 2.80. The van der Waals surface area contributed by atoms with Gasteiger partial charge in [0.1, 0.15) is 5.75 Å². The minimum atomic E-state index is 0.525. The van der Waals surface area contributed by atoms with Gasteiger partial charge in [-0.3, -0.25) is 0 Å². The minimum absolute atomic E-state index is 0.525. The fourth-order valence-electron chi connectivity index (χ4n) is 1.72. The third-order valence-corrected chi connectivity index (χ3v) is 2.80. The van der Waals surface area contributed by atoms with Crippen molar-refractivity contribution >= 4 is 0 Å². The van der Waals surface area contributed by atoms with Crippen LogP contribution in [0.3, 0.4) is 0 Å². The second-order valence-electron chi connectivity index (χ2n) is 4.17. The monoisotopic (exact) mass is 204 g/mol. The molecule has 0 saturated carbocycles. The van der Waals surface area contributed by atoms with Crippen molar-refractivity contribution in [2.24, 2.45) is 5.92 Å². The Bertz CT molecular complexity index is 353. The van der Waals surface area contributed by atoms with Crippen molar-refractivity contribution in [1.29, 1.82) is 0 Å². The number of aryl methyl sites for hydroxylation is 2. The summed E-state index contributed by atoms with van der Waals surface area (Å²) >= 11 is 0. The largest absolute Gasteiger partial charge is 0.496 e. The van der Waals surface area contributed by atoms with Gasteiger partial charge < -0.3 is 4.74 Å². The first-order valence-corrected chi connectivity index (χ1v) is 5.35. The van der Waals surface area contributed by atoms with Crippen molar-refractivity contribution in [3.05, 3.63) is 41.5 Å². The highest BCUT2D eigenvalue weighted by atomic mass is 16.5. The smallest absolute Gasteiger partial charge is 0.122 e. The van der Waals surface area contributed by atoms with E-state index in [1.54, 1.807) is 7.11 Å². The normalized spacial score (nSPS) is 12.3. The highest BCUT2D eigenvalue weighted by molar-refractivity contribution is 5.41. The first-order valence-electron chi connectivity index (χ1n) is 5.35. The Balaban J connectivity index is 2.99. The molecule has 1 aromatic rings. The third kappa shape index (κ3) is 2.85. The van der Waals surface area contributed by atoms with Crippen LogP contribution in [0, 0.1) is 19.8 Å². The van der Waals surface area contributed by atoms with Crippen LogP contribution in [0.5, 0.6) is 5.75 Å². The summed E-state index contributed by atoms with van der Waals surface area (Å²) < 4.78 is 5.29. The standard InChI is InChI=1S/C14H20O/c1-6-10(2)7-13-8-12(4)14(15-5)9-11(13)3/h6,8-10H,1,7H2,2-5H3. The van der Waals surface area contributed by atoms with Crippen molar-refractivity contribution in [1.82, 2.24) is 0 Å². The summed E-state index contributed by atoms with van der Waals surface area (Å²) in [5.41, 5.74) is 3.89. The van der Waals surface area contributed by atoms with E-state index in [0.29, 0.717) is 5.92 Å². The predicted molar refractivity (Wildman–Crippen MR) is 65.5 cm³/mol. The maximum atomic E-state index is 5.29. The van der Waals surface area contributed by atoms with Crippen molar-refractivity contribution in [3.8, 4) is 5.75 Å². The molecular weight excluding hydrogens is 184 g/mol. The summed E-state index contributed by atoms with van der Waals surface area (Å²) in [4.78, 5) is 0. The maximum Gasteiger partial charge on any atom is 0.122 e. The molecule has 82 valence electrons. The van der Waals surface area contributed by atoms with Gasteiger partial charge in [0.25, 0.3) is 0 Å². The van der Waals surface area contributed by atoms with Gasteiger partial charge in [-0.25, -0.2) is 0 Å². The number of hydrogen-bond acceptors (Lipinski definition) is 1. The molecular formula is C14H20O. The Morgan fingerprint density at radius 3 is 2.53 bits per heavy atom. The highest BCUT2D eigenvalue weighted by Crippen LogP contribution is 2.24. The molecule has 0 aliphatic carbocycles. The lowest BCUT2D eigenvalue weighted by Gasteiger charge is -2.13. The van der Waals surface area contributed by atoms with Crippen LogP contribution in [0.2, 0.25) is 0 Å². The highest BCUT2D eigenvalue weighted by Gasteiger charge is 2.06. The second kappa shape index (κ2) is 5.01. The van der Waals surface area contributed by atoms with Crippen LogP contribution in [-0.2, 0) is 6.42 Å². The van der Waals surface area contributed by atoms with Crippen LogP contribution in [0.15, 0.2) is 24.8 Å². The molecule has 0 aliphatic rings. The Morgan fingerprint density at radius 2 is 2.00 bits per heavy atom. The van der Waals surface area contributed by atoms with E-state index in [-0.39, 0.29) is 0 Å². The summed E-state index contributed by atoms with van der Waals surface area (Å²) in [6.45, 7) is 10.2. The van der Waals surface area contributed by atoms with E-state index in [9.17, 15) is 0 Å². The molecule has 0 N–H and O–H groups in total. The Morgan fingerprint density at radius 1 is 1.33 bits per heavy atom. The first-order chi connectivity index (χ1) is 7.08. The zero-order valence-electron chi connectivity index (χ0n) is 10.1. The average Bonchev–Trinajstić information content (AvgIpc) is 2.22. The van der Waals surface area contributed by atoms with Gasteiger partial charge in [-0.15, -0.1) is 6.58 Å². The van der Waals surface area contributed by atoms with E-state index in [1.807, 2.05) is 6.08 Å². The average molecular weight is 204 g/mol. The Hall–Kier alpha value is -1.24. The van der Waals surface area contributed by atoms with Crippen LogP contribution < -0.4 is 4.74 Å².